The summed E-state index contributed by atoms with van der Waals surface area (Å²) in [5, 5.41) is 6.07. The number of benzene rings is 1. The van der Waals surface area contributed by atoms with E-state index < -0.39 is 0 Å². The second-order valence-corrected chi connectivity index (χ2v) is 5.73. The third kappa shape index (κ3) is 3.48. The van der Waals surface area contributed by atoms with E-state index in [2.05, 4.69) is 10.6 Å². The van der Waals surface area contributed by atoms with Gasteiger partial charge < -0.3 is 10.6 Å². The zero-order chi connectivity index (χ0) is 13.8. The molecular weight excluding hydrogens is 263 g/mol. The van der Waals surface area contributed by atoms with Crippen molar-refractivity contribution in [2.45, 2.75) is 18.4 Å². The normalized spacial score (nSPS) is 16.8. The maximum atomic E-state index is 13.2. The van der Waals surface area contributed by atoms with Gasteiger partial charge in [-0.3, -0.25) is 4.79 Å². The summed E-state index contributed by atoms with van der Waals surface area (Å²) in [6, 6.07) is 4.68. The molecule has 1 aromatic carbocycles. The molecule has 5 heteroatoms. The predicted molar refractivity (Wildman–Crippen MR) is 75.6 cm³/mol. The molecule has 1 unspecified atom stereocenters. The number of hydrogen-bond donors (Lipinski definition) is 2. The first-order chi connectivity index (χ1) is 9.11. The van der Waals surface area contributed by atoms with Crippen molar-refractivity contribution in [3.8, 4) is 0 Å². The van der Waals surface area contributed by atoms with Crippen LogP contribution in [-0.4, -0.2) is 25.3 Å². The van der Waals surface area contributed by atoms with Crippen molar-refractivity contribution in [1.29, 1.82) is 0 Å². The fraction of sp³-hybridized carbons (Fsp3) is 0.500. The Labute approximate surface area is 117 Å². The van der Waals surface area contributed by atoms with Gasteiger partial charge in [-0.25, -0.2) is 4.39 Å². The fourth-order valence-electron chi connectivity index (χ4n) is 2.11. The van der Waals surface area contributed by atoms with Crippen LogP contribution in [0.15, 0.2) is 23.1 Å². The zero-order valence-electron chi connectivity index (χ0n) is 11.2. The lowest BCUT2D eigenvalue weighted by Crippen LogP contribution is -2.49. The van der Waals surface area contributed by atoms with Gasteiger partial charge in [0, 0.05) is 17.4 Å². The van der Waals surface area contributed by atoms with Gasteiger partial charge in [-0.15, -0.1) is 11.8 Å². The Morgan fingerprint density at radius 3 is 2.89 bits per heavy atom. The van der Waals surface area contributed by atoms with E-state index >= 15 is 0 Å². The van der Waals surface area contributed by atoms with E-state index in [1.165, 1.54) is 12.1 Å². The molecule has 104 valence electrons. The van der Waals surface area contributed by atoms with Gasteiger partial charge in [0.05, 0.1) is 0 Å². The Kier molecular flexibility index (Phi) is 4.82. The highest BCUT2D eigenvalue weighted by Crippen LogP contribution is 2.22. The smallest absolute Gasteiger partial charge is 0.223 e. The van der Waals surface area contributed by atoms with Crippen LogP contribution in [0.25, 0.3) is 0 Å². The van der Waals surface area contributed by atoms with Crippen molar-refractivity contribution in [3.05, 3.63) is 29.6 Å². The molecule has 0 aliphatic carbocycles. The SMILES string of the molecule is CSc1ccc(F)cc1CNC(=O)C(C)C1CNC1. The van der Waals surface area contributed by atoms with E-state index in [-0.39, 0.29) is 17.6 Å². The largest absolute Gasteiger partial charge is 0.352 e. The Morgan fingerprint density at radius 1 is 1.58 bits per heavy atom. The van der Waals surface area contributed by atoms with Crippen molar-refractivity contribution >= 4 is 17.7 Å². The summed E-state index contributed by atoms with van der Waals surface area (Å²) in [4.78, 5) is 13.0. The summed E-state index contributed by atoms with van der Waals surface area (Å²) in [5.41, 5.74) is 0.833. The van der Waals surface area contributed by atoms with E-state index in [0.717, 1.165) is 23.5 Å². The van der Waals surface area contributed by atoms with Crippen LogP contribution < -0.4 is 10.6 Å². The van der Waals surface area contributed by atoms with Gasteiger partial charge in [0.1, 0.15) is 5.82 Å². The molecule has 1 aliphatic rings. The minimum absolute atomic E-state index is 0.00698. The number of hydrogen-bond acceptors (Lipinski definition) is 3. The van der Waals surface area contributed by atoms with Crippen LogP contribution in [0.2, 0.25) is 0 Å². The molecule has 0 radical (unpaired) electrons. The van der Waals surface area contributed by atoms with Gasteiger partial charge in [0.15, 0.2) is 0 Å². The summed E-state index contributed by atoms with van der Waals surface area (Å²) >= 11 is 1.56. The Balaban J connectivity index is 1.94. The molecule has 1 atom stereocenters. The lowest BCUT2D eigenvalue weighted by molar-refractivity contribution is -0.126. The van der Waals surface area contributed by atoms with Gasteiger partial charge in [0.2, 0.25) is 5.91 Å². The van der Waals surface area contributed by atoms with Crippen LogP contribution in [0.4, 0.5) is 4.39 Å². The molecular formula is C14H19FN2OS. The fourth-order valence-corrected chi connectivity index (χ4v) is 2.70. The highest BCUT2D eigenvalue weighted by Gasteiger charge is 2.28. The number of carbonyl (C=O) groups excluding carboxylic acids is 1. The van der Waals surface area contributed by atoms with Crippen molar-refractivity contribution < 1.29 is 9.18 Å². The number of nitrogens with one attached hydrogen (secondary N) is 2. The number of halogens is 1. The molecule has 0 bridgehead atoms. The van der Waals surface area contributed by atoms with Gasteiger partial charge in [0.25, 0.3) is 0 Å². The third-order valence-electron chi connectivity index (χ3n) is 3.63. The Hall–Kier alpha value is -1.07. The van der Waals surface area contributed by atoms with Crippen LogP contribution in [-0.2, 0) is 11.3 Å². The van der Waals surface area contributed by atoms with Crippen LogP contribution >= 0.6 is 11.8 Å². The average Bonchev–Trinajstić information content (AvgIpc) is 2.34. The average molecular weight is 282 g/mol. The molecule has 1 aliphatic heterocycles. The maximum Gasteiger partial charge on any atom is 0.223 e. The molecule has 1 amide bonds. The molecule has 19 heavy (non-hydrogen) atoms. The summed E-state index contributed by atoms with van der Waals surface area (Å²) in [5.74, 6) is 0.209. The summed E-state index contributed by atoms with van der Waals surface area (Å²) in [6.07, 6.45) is 1.95. The van der Waals surface area contributed by atoms with Gasteiger partial charge >= 0.3 is 0 Å². The number of amides is 1. The van der Waals surface area contributed by atoms with Gasteiger partial charge in [-0.1, -0.05) is 6.92 Å². The molecule has 1 saturated heterocycles. The summed E-state index contributed by atoms with van der Waals surface area (Å²) in [7, 11) is 0. The molecule has 1 aromatic rings. The van der Waals surface area contributed by atoms with E-state index in [0.29, 0.717) is 12.5 Å². The minimum Gasteiger partial charge on any atom is -0.352 e. The van der Waals surface area contributed by atoms with Crippen LogP contribution in [0.3, 0.4) is 0 Å². The molecule has 2 N–H and O–H groups in total. The standard InChI is InChI=1S/C14H19FN2OS/c1-9(11-6-16-7-11)14(18)17-8-10-5-12(15)3-4-13(10)19-2/h3-5,9,11,16H,6-8H2,1-2H3,(H,17,18). The first-order valence-electron chi connectivity index (χ1n) is 6.42. The van der Waals surface area contributed by atoms with Crippen molar-refractivity contribution in [1.82, 2.24) is 10.6 Å². The van der Waals surface area contributed by atoms with Gasteiger partial charge in [-0.05, 0) is 49.0 Å². The van der Waals surface area contributed by atoms with Crippen LogP contribution in [0, 0.1) is 17.7 Å². The number of thioether (sulfide) groups is 1. The second-order valence-electron chi connectivity index (χ2n) is 4.88. The summed E-state index contributed by atoms with van der Waals surface area (Å²) in [6.45, 7) is 4.15. The first-order valence-corrected chi connectivity index (χ1v) is 7.65. The van der Waals surface area contributed by atoms with Crippen molar-refractivity contribution in [2.75, 3.05) is 19.3 Å². The molecule has 0 aromatic heterocycles. The Bertz CT molecular complexity index is 463. The zero-order valence-corrected chi connectivity index (χ0v) is 12.0. The third-order valence-corrected chi connectivity index (χ3v) is 4.47. The minimum atomic E-state index is -0.265. The quantitative estimate of drug-likeness (QED) is 0.812. The second kappa shape index (κ2) is 6.39. The van der Waals surface area contributed by atoms with Gasteiger partial charge in [-0.2, -0.15) is 0 Å². The molecule has 0 saturated carbocycles. The maximum absolute atomic E-state index is 13.2. The Morgan fingerprint density at radius 2 is 2.32 bits per heavy atom. The van der Waals surface area contributed by atoms with Crippen LogP contribution in [0.5, 0.6) is 0 Å². The van der Waals surface area contributed by atoms with Crippen molar-refractivity contribution in [3.63, 3.8) is 0 Å². The van der Waals surface area contributed by atoms with E-state index in [1.807, 2.05) is 13.2 Å². The molecule has 2 rings (SSSR count). The van der Waals surface area contributed by atoms with E-state index in [1.54, 1.807) is 17.8 Å². The summed E-state index contributed by atoms with van der Waals surface area (Å²) < 4.78 is 13.2. The van der Waals surface area contributed by atoms with Crippen LogP contribution in [0.1, 0.15) is 12.5 Å². The van der Waals surface area contributed by atoms with E-state index in [9.17, 15) is 9.18 Å². The molecule has 3 nitrogen and oxygen atoms in total. The molecule has 1 fully saturated rings. The monoisotopic (exact) mass is 282 g/mol. The first kappa shape index (κ1) is 14.3. The lowest BCUT2D eigenvalue weighted by Gasteiger charge is -2.31. The van der Waals surface area contributed by atoms with E-state index in [4.69, 9.17) is 0 Å². The highest BCUT2D eigenvalue weighted by atomic mass is 32.2. The highest BCUT2D eigenvalue weighted by molar-refractivity contribution is 7.98. The van der Waals surface area contributed by atoms with Crippen molar-refractivity contribution in [2.24, 2.45) is 11.8 Å². The lowest BCUT2D eigenvalue weighted by atomic mass is 9.88. The molecule has 0 spiro atoms. The topological polar surface area (TPSA) is 41.1 Å². The predicted octanol–water partition coefficient (Wildman–Crippen LogP) is 2.02. The molecule has 1 heterocycles. The number of rotatable bonds is 5. The number of carbonyl (C=O) groups is 1.